The highest BCUT2D eigenvalue weighted by Crippen LogP contribution is 2.21. The van der Waals surface area contributed by atoms with Crippen LogP contribution >= 0.6 is 0 Å². The summed E-state index contributed by atoms with van der Waals surface area (Å²) in [6.07, 6.45) is 5.42. The third-order valence-corrected chi connectivity index (χ3v) is 4.31. The Labute approximate surface area is 146 Å². The summed E-state index contributed by atoms with van der Waals surface area (Å²) in [4.78, 5) is 15.6. The molecule has 0 amide bonds. The van der Waals surface area contributed by atoms with Crippen molar-refractivity contribution in [1.82, 2.24) is 4.98 Å². The second-order valence-electron chi connectivity index (χ2n) is 5.93. The maximum absolute atomic E-state index is 12.4. The van der Waals surface area contributed by atoms with Gasteiger partial charge in [-0.1, -0.05) is 72.8 Å². The van der Waals surface area contributed by atoms with Gasteiger partial charge in [0.05, 0.1) is 0 Å². The van der Waals surface area contributed by atoms with E-state index in [0.29, 0.717) is 5.56 Å². The fourth-order valence-electron chi connectivity index (χ4n) is 2.95. The molecular weight excluding hydrogens is 306 g/mol. The van der Waals surface area contributed by atoms with Crippen LogP contribution in [0.2, 0.25) is 0 Å². The summed E-state index contributed by atoms with van der Waals surface area (Å²) in [7, 11) is 0. The van der Waals surface area contributed by atoms with Crippen LogP contribution in [-0.2, 0) is 0 Å². The zero-order valence-electron chi connectivity index (χ0n) is 13.6. The summed E-state index contributed by atoms with van der Waals surface area (Å²) >= 11 is 0. The first kappa shape index (κ1) is 15.2. The van der Waals surface area contributed by atoms with Crippen molar-refractivity contribution >= 4 is 22.8 Å². The zero-order valence-corrected chi connectivity index (χ0v) is 13.6. The molecule has 0 spiro atoms. The number of benzene rings is 3. The molecule has 0 saturated carbocycles. The molecule has 0 aliphatic rings. The third kappa shape index (κ3) is 3.15. The van der Waals surface area contributed by atoms with Gasteiger partial charge in [0.15, 0.2) is 5.78 Å². The summed E-state index contributed by atoms with van der Waals surface area (Å²) in [5.74, 6) is 0.00453. The van der Waals surface area contributed by atoms with Gasteiger partial charge in [-0.25, -0.2) is 0 Å². The molecule has 0 fully saturated rings. The highest BCUT2D eigenvalue weighted by Gasteiger charge is 2.04. The van der Waals surface area contributed by atoms with Crippen molar-refractivity contribution < 1.29 is 4.79 Å². The molecule has 25 heavy (non-hydrogen) atoms. The van der Waals surface area contributed by atoms with Crippen LogP contribution in [0.1, 0.15) is 15.9 Å². The molecule has 4 rings (SSSR count). The lowest BCUT2D eigenvalue weighted by Crippen LogP contribution is -1.93. The number of aromatic nitrogens is 1. The third-order valence-electron chi connectivity index (χ3n) is 4.31. The van der Waals surface area contributed by atoms with Crippen LogP contribution in [0.3, 0.4) is 0 Å². The maximum atomic E-state index is 12.4. The number of ketones is 1. The van der Waals surface area contributed by atoms with Crippen LogP contribution in [0.4, 0.5) is 0 Å². The number of hydrogen-bond donors (Lipinski definition) is 1. The minimum absolute atomic E-state index is 0.00453. The van der Waals surface area contributed by atoms with Gasteiger partial charge in [0.25, 0.3) is 0 Å². The Morgan fingerprint density at radius 2 is 1.44 bits per heavy atom. The summed E-state index contributed by atoms with van der Waals surface area (Å²) in [5, 5.41) is 1.12. The van der Waals surface area contributed by atoms with Crippen molar-refractivity contribution in [2.75, 3.05) is 0 Å². The lowest BCUT2D eigenvalue weighted by molar-refractivity contribution is 0.104. The monoisotopic (exact) mass is 323 g/mol. The predicted octanol–water partition coefficient (Wildman–Crippen LogP) is 5.73. The van der Waals surface area contributed by atoms with E-state index in [1.165, 1.54) is 0 Å². The Morgan fingerprint density at radius 1 is 0.760 bits per heavy atom. The number of rotatable bonds is 4. The van der Waals surface area contributed by atoms with Crippen molar-refractivity contribution in [3.05, 3.63) is 102 Å². The Bertz CT molecular complexity index is 1040. The molecule has 1 heterocycles. The number of nitrogens with one attached hydrogen (secondary N) is 1. The molecule has 2 heteroatoms. The average Bonchev–Trinajstić information content (AvgIpc) is 3.10. The van der Waals surface area contributed by atoms with E-state index in [4.69, 9.17) is 0 Å². The summed E-state index contributed by atoms with van der Waals surface area (Å²) in [6.45, 7) is 0. The molecule has 0 atom stereocenters. The van der Waals surface area contributed by atoms with Crippen LogP contribution in [-0.4, -0.2) is 10.8 Å². The van der Waals surface area contributed by atoms with Crippen molar-refractivity contribution in [1.29, 1.82) is 0 Å². The Balaban J connectivity index is 1.55. The summed E-state index contributed by atoms with van der Waals surface area (Å²) in [5.41, 5.74) is 5.04. The molecule has 2 nitrogen and oxygen atoms in total. The Kier molecular flexibility index (Phi) is 4.01. The summed E-state index contributed by atoms with van der Waals surface area (Å²) in [6, 6.07) is 25.9. The normalized spacial score (nSPS) is 11.2. The molecule has 0 aliphatic carbocycles. The van der Waals surface area contributed by atoms with Crippen LogP contribution < -0.4 is 0 Å². The van der Waals surface area contributed by atoms with E-state index >= 15 is 0 Å². The maximum Gasteiger partial charge on any atom is 0.185 e. The highest BCUT2D eigenvalue weighted by atomic mass is 16.1. The molecule has 1 N–H and O–H groups in total. The second kappa shape index (κ2) is 6.62. The molecule has 3 aromatic carbocycles. The van der Waals surface area contributed by atoms with Crippen molar-refractivity contribution in [2.45, 2.75) is 0 Å². The highest BCUT2D eigenvalue weighted by molar-refractivity contribution is 6.08. The van der Waals surface area contributed by atoms with Gasteiger partial charge in [-0.05, 0) is 34.9 Å². The second-order valence-corrected chi connectivity index (χ2v) is 5.93. The zero-order chi connectivity index (χ0) is 17.1. The van der Waals surface area contributed by atoms with Crippen molar-refractivity contribution in [3.8, 4) is 11.1 Å². The van der Waals surface area contributed by atoms with E-state index in [-0.39, 0.29) is 5.78 Å². The van der Waals surface area contributed by atoms with Gasteiger partial charge in [0, 0.05) is 22.7 Å². The van der Waals surface area contributed by atoms with E-state index in [0.717, 1.165) is 27.6 Å². The molecular formula is C23H17NO. The van der Waals surface area contributed by atoms with Gasteiger partial charge in [0.2, 0.25) is 0 Å². The largest absolute Gasteiger partial charge is 0.361 e. The first-order valence-corrected chi connectivity index (χ1v) is 8.25. The van der Waals surface area contributed by atoms with Gasteiger partial charge < -0.3 is 4.98 Å². The molecule has 120 valence electrons. The number of para-hydroxylation sites is 1. The number of fused-ring (bicyclic) bond motifs is 1. The standard InChI is InChI=1S/C23H17NO/c25-23(15-14-20-16-24-22-9-5-4-8-21(20)22)19-12-10-18(11-13-19)17-6-2-1-3-7-17/h1-16,24H/b15-14+. The van der Waals surface area contributed by atoms with Gasteiger partial charge in [-0.15, -0.1) is 0 Å². The van der Waals surface area contributed by atoms with Crippen LogP contribution in [0.5, 0.6) is 0 Å². The number of aromatic amines is 1. The fraction of sp³-hybridized carbons (Fsp3) is 0. The van der Waals surface area contributed by atoms with Crippen LogP contribution in [0.25, 0.3) is 28.1 Å². The number of allylic oxidation sites excluding steroid dienone is 1. The lowest BCUT2D eigenvalue weighted by atomic mass is 10.0. The van der Waals surface area contributed by atoms with Gasteiger partial charge in [-0.3, -0.25) is 4.79 Å². The quantitative estimate of drug-likeness (QED) is 0.377. The van der Waals surface area contributed by atoms with Gasteiger partial charge in [-0.2, -0.15) is 0 Å². The number of carbonyl (C=O) groups excluding carboxylic acids is 1. The fourth-order valence-corrected chi connectivity index (χ4v) is 2.95. The van der Waals surface area contributed by atoms with Crippen LogP contribution in [0, 0.1) is 0 Å². The number of hydrogen-bond acceptors (Lipinski definition) is 1. The van der Waals surface area contributed by atoms with Gasteiger partial charge in [0.1, 0.15) is 0 Å². The van der Waals surface area contributed by atoms with E-state index in [9.17, 15) is 4.79 Å². The molecule has 0 bridgehead atoms. The minimum Gasteiger partial charge on any atom is -0.361 e. The first-order valence-electron chi connectivity index (χ1n) is 8.25. The summed E-state index contributed by atoms with van der Waals surface area (Å²) < 4.78 is 0. The Hall–Kier alpha value is -3.39. The first-order chi connectivity index (χ1) is 12.3. The van der Waals surface area contributed by atoms with E-state index in [1.54, 1.807) is 6.08 Å². The van der Waals surface area contributed by atoms with E-state index < -0.39 is 0 Å². The van der Waals surface area contributed by atoms with Crippen LogP contribution in [0.15, 0.2) is 91.1 Å². The van der Waals surface area contributed by atoms with E-state index in [2.05, 4.69) is 17.1 Å². The molecule has 0 aliphatic heterocycles. The molecule has 0 radical (unpaired) electrons. The molecule has 0 saturated heterocycles. The lowest BCUT2D eigenvalue weighted by Gasteiger charge is -2.02. The smallest absolute Gasteiger partial charge is 0.185 e. The molecule has 0 unspecified atom stereocenters. The van der Waals surface area contributed by atoms with Crippen molar-refractivity contribution in [3.63, 3.8) is 0 Å². The molecule has 4 aromatic rings. The van der Waals surface area contributed by atoms with Gasteiger partial charge >= 0.3 is 0 Å². The molecule has 1 aromatic heterocycles. The minimum atomic E-state index is 0.00453. The number of H-pyrrole nitrogens is 1. The Morgan fingerprint density at radius 3 is 2.24 bits per heavy atom. The topological polar surface area (TPSA) is 32.9 Å². The number of carbonyl (C=O) groups is 1. The predicted molar refractivity (Wildman–Crippen MR) is 104 cm³/mol. The van der Waals surface area contributed by atoms with Crippen molar-refractivity contribution in [2.24, 2.45) is 0 Å². The SMILES string of the molecule is O=C(/C=C/c1c[nH]c2ccccc12)c1ccc(-c2ccccc2)cc1. The van der Waals surface area contributed by atoms with E-state index in [1.807, 2.05) is 79.0 Å². The average molecular weight is 323 g/mol.